The van der Waals surface area contributed by atoms with Gasteiger partial charge in [0.2, 0.25) is 0 Å². The fraction of sp³-hybridized carbons (Fsp3) is 1.00. The first-order chi connectivity index (χ1) is 5.57. The highest BCUT2D eigenvalue weighted by Gasteiger charge is 2.39. The van der Waals surface area contributed by atoms with Crippen LogP contribution in [0.3, 0.4) is 0 Å². The van der Waals surface area contributed by atoms with Gasteiger partial charge in [0, 0.05) is 0 Å². The smallest absolute Gasteiger partial charge is 0.108 e. The molecule has 5 atom stereocenters. The molecule has 1 fully saturated rings. The summed E-state index contributed by atoms with van der Waals surface area (Å²) in [5, 5.41) is 27.5. The minimum atomic E-state index is -0.999. The maximum Gasteiger partial charge on any atom is 0.108 e. The predicted molar refractivity (Wildman–Crippen MR) is 41.4 cm³/mol. The number of ether oxygens (including phenoxy) is 1. The lowest BCUT2D eigenvalue weighted by molar-refractivity contribution is -0.182. The number of nitrogens with two attached hydrogens (primary N) is 1. The highest BCUT2D eigenvalue weighted by molar-refractivity contribution is 4.92. The molecule has 1 aliphatic rings. The highest BCUT2D eigenvalue weighted by Crippen LogP contribution is 2.18. The molecule has 0 radical (unpaired) electrons. The van der Waals surface area contributed by atoms with Crippen molar-refractivity contribution >= 4 is 0 Å². The zero-order valence-corrected chi connectivity index (χ0v) is 6.92. The molecular weight excluding hydrogens is 162 g/mol. The van der Waals surface area contributed by atoms with Crippen LogP contribution >= 0.6 is 0 Å². The first-order valence-corrected chi connectivity index (χ1v) is 3.96. The molecule has 72 valence electrons. The van der Waals surface area contributed by atoms with Crippen LogP contribution in [0.4, 0.5) is 0 Å². The van der Waals surface area contributed by atoms with Gasteiger partial charge in [-0.25, -0.2) is 0 Å². The van der Waals surface area contributed by atoms with Crippen molar-refractivity contribution < 1.29 is 20.1 Å². The Hall–Kier alpha value is -0.200. The van der Waals surface area contributed by atoms with Crippen LogP contribution in [-0.4, -0.2) is 52.4 Å². The lowest BCUT2D eigenvalue weighted by Gasteiger charge is -2.39. The first kappa shape index (κ1) is 9.88. The van der Waals surface area contributed by atoms with Crippen molar-refractivity contribution in [1.82, 2.24) is 0 Å². The fourth-order valence-electron chi connectivity index (χ4n) is 1.35. The van der Waals surface area contributed by atoms with E-state index in [2.05, 4.69) is 0 Å². The van der Waals surface area contributed by atoms with E-state index in [4.69, 9.17) is 15.6 Å². The third-order valence-corrected chi connectivity index (χ3v) is 2.22. The second-order valence-corrected chi connectivity index (χ2v) is 3.12. The van der Waals surface area contributed by atoms with E-state index in [0.29, 0.717) is 0 Å². The molecule has 5 N–H and O–H groups in total. The summed E-state index contributed by atoms with van der Waals surface area (Å²) in [5.41, 5.74) is 5.49. The molecule has 0 aliphatic carbocycles. The Kier molecular flexibility index (Phi) is 3.03. The van der Waals surface area contributed by atoms with Crippen molar-refractivity contribution in [2.24, 2.45) is 5.73 Å². The maximum atomic E-state index is 9.36. The second kappa shape index (κ2) is 3.68. The Bertz CT molecular complexity index is 150. The van der Waals surface area contributed by atoms with E-state index in [1.165, 1.54) is 0 Å². The molecule has 0 amide bonds. The van der Waals surface area contributed by atoms with E-state index in [1.807, 2.05) is 0 Å². The third kappa shape index (κ3) is 1.60. The molecule has 3 unspecified atom stereocenters. The lowest BCUT2D eigenvalue weighted by Crippen LogP contribution is -2.61. The van der Waals surface area contributed by atoms with Gasteiger partial charge in [-0.2, -0.15) is 0 Å². The minimum Gasteiger partial charge on any atom is -0.394 e. The molecule has 1 aliphatic heterocycles. The van der Waals surface area contributed by atoms with Gasteiger partial charge in [-0.3, -0.25) is 0 Å². The van der Waals surface area contributed by atoms with E-state index < -0.39 is 30.5 Å². The zero-order chi connectivity index (χ0) is 9.30. The Morgan fingerprint density at radius 1 is 1.33 bits per heavy atom. The van der Waals surface area contributed by atoms with Crippen LogP contribution in [0, 0.1) is 0 Å². The van der Waals surface area contributed by atoms with E-state index in [-0.39, 0.29) is 6.61 Å². The molecule has 5 nitrogen and oxygen atoms in total. The van der Waals surface area contributed by atoms with Crippen LogP contribution < -0.4 is 5.73 Å². The number of aliphatic hydroxyl groups is 3. The summed E-state index contributed by atoms with van der Waals surface area (Å²) in [6, 6.07) is -0.745. The average Bonchev–Trinajstić information content (AvgIpc) is 2.08. The van der Waals surface area contributed by atoms with Gasteiger partial charge in [-0.05, 0) is 6.92 Å². The molecule has 0 bridgehead atoms. The molecule has 1 saturated heterocycles. The molecule has 0 aromatic heterocycles. The van der Waals surface area contributed by atoms with Crippen LogP contribution in [0.2, 0.25) is 0 Å². The van der Waals surface area contributed by atoms with Gasteiger partial charge in [0.1, 0.15) is 12.2 Å². The summed E-state index contributed by atoms with van der Waals surface area (Å²) in [7, 11) is 0. The zero-order valence-electron chi connectivity index (χ0n) is 6.92. The largest absolute Gasteiger partial charge is 0.394 e. The molecule has 12 heavy (non-hydrogen) atoms. The average molecular weight is 177 g/mol. The minimum absolute atomic E-state index is 0.286. The quantitative estimate of drug-likeness (QED) is 0.365. The topological polar surface area (TPSA) is 95.9 Å². The molecule has 0 spiro atoms. The molecule has 1 heterocycles. The Balaban J connectivity index is 2.63. The van der Waals surface area contributed by atoms with Crippen LogP contribution in [-0.2, 0) is 4.74 Å². The third-order valence-electron chi connectivity index (χ3n) is 2.22. The van der Waals surface area contributed by atoms with Gasteiger partial charge in [0.05, 0.1) is 24.9 Å². The van der Waals surface area contributed by atoms with Crippen molar-refractivity contribution in [2.75, 3.05) is 6.61 Å². The van der Waals surface area contributed by atoms with Gasteiger partial charge in [-0.15, -0.1) is 0 Å². The van der Waals surface area contributed by atoms with Crippen molar-refractivity contribution in [2.45, 2.75) is 37.4 Å². The van der Waals surface area contributed by atoms with Gasteiger partial charge in [-0.1, -0.05) is 0 Å². The monoisotopic (exact) mass is 177 g/mol. The normalized spacial score (nSPS) is 49.2. The first-order valence-electron chi connectivity index (χ1n) is 3.96. The SMILES string of the molecule is C[C@H]1OC(CO)[C@@H](O)C(N)C1O. The number of rotatable bonds is 1. The van der Waals surface area contributed by atoms with E-state index in [1.54, 1.807) is 6.92 Å². The highest BCUT2D eigenvalue weighted by atomic mass is 16.5. The van der Waals surface area contributed by atoms with Gasteiger partial charge < -0.3 is 25.8 Å². The molecule has 0 saturated carbocycles. The Morgan fingerprint density at radius 2 is 1.92 bits per heavy atom. The molecule has 5 heteroatoms. The maximum absolute atomic E-state index is 9.36. The van der Waals surface area contributed by atoms with Gasteiger partial charge in [0.25, 0.3) is 0 Å². The van der Waals surface area contributed by atoms with Crippen molar-refractivity contribution in [3.8, 4) is 0 Å². The van der Waals surface area contributed by atoms with Crippen LogP contribution in [0.1, 0.15) is 6.92 Å². The van der Waals surface area contributed by atoms with E-state index in [0.717, 1.165) is 0 Å². The Morgan fingerprint density at radius 3 is 2.42 bits per heavy atom. The fourth-order valence-corrected chi connectivity index (χ4v) is 1.35. The van der Waals surface area contributed by atoms with E-state index in [9.17, 15) is 10.2 Å². The van der Waals surface area contributed by atoms with Crippen molar-refractivity contribution in [3.05, 3.63) is 0 Å². The standard InChI is InChI=1S/C7H15NO4/c1-3-6(10)5(8)7(11)4(2-9)12-3/h3-7,9-11H,2,8H2,1H3/t3-,4?,5?,6?,7-/m1/s1. The predicted octanol–water partition coefficient (Wildman–Crippen LogP) is -2.18. The van der Waals surface area contributed by atoms with Gasteiger partial charge in [0.15, 0.2) is 0 Å². The number of hydrogen-bond acceptors (Lipinski definition) is 5. The number of aliphatic hydroxyl groups excluding tert-OH is 3. The van der Waals surface area contributed by atoms with Crippen molar-refractivity contribution in [1.29, 1.82) is 0 Å². The molecule has 1 rings (SSSR count). The van der Waals surface area contributed by atoms with Gasteiger partial charge >= 0.3 is 0 Å². The van der Waals surface area contributed by atoms with Crippen LogP contribution in [0.5, 0.6) is 0 Å². The molecular formula is C7H15NO4. The summed E-state index contributed by atoms with van der Waals surface area (Å²) >= 11 is 0. The summed E-state index contributed by atoms with van der Waals surface area (Å²) in [6.07, 6.45) is -3.00. The summed E-state index contributed by atoms with van der Waals surface area (Å²) in [6.45, 7) is 1.37. The Labute approximate surface area is 70.8 Å². The number of hydrogen-bond donors (Lipinski definition) is 4. The molecule has 0 aromatic carbocycles. The summed E-state index contributed by atoms with van der Waals surface area (Å²) in [4.78, 5) is 0. The van der Waals surface area contributed by atoms with Crippen LogP contribution in [0.25, 0.3) is 0 Å². The summed E-state index contributed by atoms with van der Waals surface area (Å²) in [5.74, 6) is 0. The van der Waals surface area contributed by atoms with Crippen LogP contribution in [0.15, 0.2) is 0 Å². The molecule has 0 aromatic rings. The van der Waals surface area contributed by atoms with Crippen molar-refractivity contribution in [3.63, 3.8) is 0 Å². The lowest BCUT2D eigenvalue weighted by atomic mass is 9.94. The second-order valence-electron chi connectivity index (χ2n) is 3.12. The summed E-state index contributed by atoms with van der Waals surface area (Å²) < 4.78 is 5.10. The van der Waals surface area contributed by atoms with E-state index >= 15 is 0 Å².